The summed E-state index contributed by atoms with van der Waals surface area (Å²) in [5.41, 5.74) is 10.7. The Labute approximate surface area is 126 Å². The Bertz CT molecular complexity index is 418. The van der Waals surface area contributed by atoms with Gasteiger partial charge in [-0.2, -0.15) is 0 Å². The Morgan fingerprint density at radius 1 is 1.57 bits per heavy atom. The summed E-state index contributed by atoms with van der Waals surface area (Å²) in [7, 11) is -0.539. The van der Waals surface area contributed by atoms with Gasteiger partial charge < -0.3 is 20.8 Å². The molecule has 0 bridgehead atoms. The monoisotopic (exact) mass is 296 g/mol. The summed E-state index contributed by atoms with van der Waals surface area (Å²) in [6, 6.07) is 0. The van der Waals surface area contributed by atoms with Crippen LogP contribution in [0.1, 0.15) is 39.5 Å². The first-order valence-electron chi connectivity index (χ1n) is 7.75. The third kappa shape index (κ3) is 3.47. The van der Waals surface area contributed by atoms with E-state index >= 15 is 0 Å². The zero-order valence-corrected chi connectivity index (χ0v) is 12.8. The lowest BCUT2D eigenvalue weighted by Gasteiger charge is -2.33. The molecular formula is C14H25BN2O4. The van der Waals surface area contributed by atoms with Crippen molar-refractivity contribution in [2.45, 2.75) is 57.5 Å². The van der Waals surface area contributed by atoms with Gasteiger partial charge in [-0.1, -0.05) is 6.42 Å². The highest BCUT2D eigenvalue weighted by Gasteiger charge is 2.53. The highest BCUT2D eigenvalue weighted by atomic mass is 16.6. The standard InChI is InChI=1S/C14H25BN2O4/c1-9(2)20-15-5-3-4-11-6-10(12(18)8-16)7-14(11,17)13(19)21-15/h9-11H,3-8,16-17H2,1-2H3/t10?,11-,14-/m0/s1. The van der Waals surface area contributed by atoms with Gasteiger partial charge in [0.25, 0.3) is 0 Å². The highest BCUT2D eigenvalue weighted by Crippen LogP contribution is 2.43. The van der Waals surface area contributed by atoms with Gasteiger partial charge >= 0.3 is 13.1 Å². The summed E-state index contributed by atoms with van der Waals surface area (Å²) in [5, 5.41) is 0. The fourth-order valence-electron chi connectivity index (χ4n) is 3.47. The Kier molecular flexibility index (Phi) is 5.06. The maximum Gasteiger partial charge on any atom is 0.527 e. The quantitative estimate of drug-likeness (QED) is 0.731. The molecule has 2 rings (SSSR count). The lowest BCUT2D eigenvalue weighted by molar-refractivity contribution is -0.144. The van der Waals surface area contributed by atoms with Crippen LogP contribution in [0.15, 0.2) is 0 Å². The van der Waals surface area contributed by atoms with Crippen molar-refractivity contribution in [2.75, 3.05) is 6.54 Å². The van der Waals surface area contributed by atoms with E-state index in [9.17, 15) is 9.59 Å². The Balaban J connectivity index is 2.11. The van der Waals surface area contributed by atoms with E-state index in [0.717, 1.165) is 12.8 Å². The lowest BCUT2D eigenvalue weighted by Crippen LogP contribution is -2.55. The predicted octanol–water partition coefficient (Wildman–Crippen LogP) is 0.488. The van der Waals surface area contributed by atoms with E-state index in [-0.39, 0.29) is 30.3 Å². The number of ketones is 1. The van der Waals surface area contributed by atoms with Crippen LogP contribution in [0.2, 0.25) is 6.32 Å². The summed E-state index contributed by atoms with van der Waals surface area (Å²) in [6.45, 7) is 3.81. The summed E-state index contributed by atoms with van der Waals surface area (Å²) >= 11 is 0. The van der Waals surface area contributed by atoms with Crippen molar-refractivity contribution in [3.05, 3.63) is 0 Å². The van der Waals surface area contributed by atoms with Gasteiger partial charge in [-0.15, -0.1) is 0 Å². The first-order chi connectivity index (χ1) is 9.86. The smallest absolute Gasteiger partial charge is 0.508 e. The summed E-state index contributed by atoms with van der Waals surface area (Å²) < 4.78 is 11.1. The Morgan fingerprint density at radius 2 is 2.29 bits per heavy atom. The fourth-order valence-corrected chi connectivity index (χ4v) is 3.47. The van der Waals surface area contributed by atoms with E-state index < -0.39 is 18.6 Å². The molecule has 1 saturated heterocycles. The third-order valence-corrected chi connectivity index (χ3v) is 4.57. The Morgan fingerprint density at radius 3 is 2.90 bits per heavy atom. The maximum absolute atomic E-state index is 12.4. The van der Waals surface area contributed by atoms with E-state index in [1.54, 1.807) is 0 Å². The average molecular weight is 296 g/mol. The SMILES string of the molecule is CC(C)OB1CCC[C@H]2CC(C(=O)CN)C[C@@]2(N)C(=O)O1. The molecule has 1 aliphatic heterocycles. The first-order valence-corrected chi connectivity index (χ1v) is 7.75. The van der Waals surface area contributed by atoms with Crippen LogP contribution in [0.5, 0.6) is 0 Å². The summed E-state index contributed by atoms with van der Waals surface area (Å²) in [5.74, 6) is -0.690. The van der Waals surface area contributed by atoms with Crippen molar-refractivity contribution in [2.24, 2.45) is 23.3 Å². The number of Topliss-reactive ketones (excluding diaryl/α,β-unsaturated/α-hetero) is 1. The number of carbonyl (C=O) groups excluding carboxylic acids is 2. The molecule has 0 radical (unpaired) electrons. The number of hydrogen-bond acceptors (Lipinski definition) is 6. The molecule has 118 valence electrons. The van der Waals surface area contributed by atoms with Crippen molar-refractivity contribution in [1.82, 2.24) is 0 Å². The molecule has 1 unspecified atom stereocenters. The minimum absolute atomic E-state index is 0.00159. The molecule has 1 aliphatic carbocycles. The molecule has 21 heavy (non-hydrogen) atoms. The van der Waals surface area contributed by atoms with Crippen molar-refractivity contribution in [3.8, 4) is 0 Å². The van der Waals surface area contributed by atoms with Gasteiger partial charge in [0, 0.05) is 12.0 Å². The molecule has 1 heterocycles. The van der Waals surface area contributed by atoms with E-state index in [2.05, 4.69) is 0 Å². The molecule has 1 saturated carbocycles. The number of hydrogen-bond donors (Lipinski definition) is 2. The number of rotatable bonds is 4. The number of fused-ring (bicyclic) bond motifs is 1. The van der Waals surface area contributed by atoms with Gasteiger partial charge in [0.1, 0.15) is 11.3 Å². The third-order valence-electron chi connectivity index (χ3n) is 4.57. The van der Waals surface area contributed by atoms with Gasteiger partial charge in [-0.25, -0.2) is 0 Å². The molecule has 0 spiro atoms. The van der Waals surface area contributed by atoms with E-state index in [4.69, 9.17) is 20.8 Å². The van der Waals surface area contributed by atoms with Gasteiger partial charge in [-0.05, 0) is 45.3 Å². The molecule has 7 heteroatoms. The second kappa shape index (κ2) is 6.46. The van der Waals surface area contributed by atoms with E-state index in [1.807, 2.05) is 13.8 Å². The van der Waals surface area contributed by atoms with Crippen LogP contribution < -0.4 is 11.5 Å². The van der Waals surface area contributed by atoms with Crippen LogP contribution in [-0.2, 0) is 18.9 Å². The van der Waals surface area contributed by atoms with Crippen LogP contribution >= 0.6 is 0 Å². The lowest BCUT2D eigenvalue weighted by atomic mass is 9.74. The largest absolute Gasteiger partial charge is 0.527 e. The minimum atomic E-state index is -1.07. The predicted molar refractivity (Wildman–Crippen MR) is 79.3 cm³/mol. The number of nitrogens with two attached hydrogens (primary N) is 2. The van der Waals surface area contributed by atoms with Gasteiger partial charge in [0.05, 0.1) is 6.54 Å². The summed E-state index contributed by atoms with van der Waals surface area (Å²) in [6.07, 6.45) is 3.32. The average Bonchev–Trinajstić information content (AvgIpc) is 2.74. The van der Waals surface area contributed by atoms with Gasteiger partial charge in [0.15, 0.2) is 0 Å². The Hall–Kier alpha value is -0.915. The molecule has 4 N–H and O–H groups in total. The second-order valence-corrected chi connectivity index (χ2v) is 6.50. The molecule has 6 nitrogen and oxygen atoms in total. The molecule has 2 aliphatic rings. The van der Waals surface area contributed by atoms with Crippen molar-refractivity contribution in [1.29, 1.82) is 0 Å². The van der Waals surface area contributed by atoms with Crippen LogP contribution in [0.25, 0.3) is 0 Å². The maximum atomic E-state index is 12.4. The van der Waals surface area contributed by atoms with Crippen LogP contribution in [0.4, 0.5) is 0 Å². The summed E-state index contributed by atoms with van der Waals surface area (Å²) in [4.78, 5) is 24.3. The highest BCUT2D eigenvalue weighted by molar-refractivity contribution is 6.47. The molecule has 3 atom stereocenters. The van der Waals surface area contributed by atoms with Crippen LogP contribution in [0.3, 0.4) is 0 Å². The van der Waals surface area contributed by atoms with Gasteiger partial charge in [0.2, 0.25) is 0 Å². The fraction of sp³-hybridized carbons (Fsp3) is 0.857. The van der Waals surface area contributed by atoms with Crippen molar-refractivity contribution in [3.63, 3.8) is 0 Å². The molecular weight excluding hydrogens is 271 g/mol. The minimum Gasteiger partial charge on any atom is -0.508 e. The van der Waals surface area contributed by atoms with Crippen molar-refractivity contribution < 1.29 is 18.9 Å². The normalized spacial score (nSPS) is 33.4. The van der Waals surface area contributed by atoms with Gasteiger partial charge in [-0.3, -0.25) is 9.59 Å². The van der Waals surface area contributed by atoms with Crippen LogP contribution in [-0.4, -0.2) is 37.1 Å². The molecule has 0 aromatic rings. The molecule has 2 fully saturated rings. The van der Waals surface area contributed by atoms with E-state index in [1.165, 1.54) is 0 Å². The number of carbonyl (C=O) groups is 2. The zero-order chi connectivity index (χ0) is 15.6. The first kappa shape index (κ1) is 16.5. The molecule has 0 aromatic carbocycles. The second-order valence-electron chi connectivity index (χ2n) is 6.50. The molecule has 0 amide bonds. The van der Waals surface area contributed by atoms with E-state index in [0.29, 0.717) is 19.2 Å². The van der Waals surface area contributed by atoms with Crippen molar-refractivity contribution >= 4 is 18.9 Å². The zero-order valence-electron chi connectivity index (χ0n) is 12.8. The molecule has 0 aromatic heterocycles. The van der Waals surface area contributed by atoms with Crippen LogP contribution in [0, 0.1) is 11.8 Å². The topological polar surface area (TPSA) is 105 Å².